The first-order chi connectivity index (χ1) is 17.3. The maximum absolute atomic E-state index is 13.0. The Kier molecular flexibility index (Phi) is 5.72. The number of benzene rings is 2. The summed E-state index contributed by atoms with van der Waals surface area (Å²) in [5.74, 6) is -0.112. The van der Waals surface area contributed by atoms with Crippen LogP contribution in [0.3, 0.4) is 0 Å². The third kappa shape index (κ3) is 3.77. The first-order valence-corrected chi connectivity index (χ1v) is 11.2. The predicted molar refractivity (Wildman–Crippen MR) is 130 cm³/mol. The molecule has 12 heteroatoms. The lowest BCUT2D eigenvalue weighted by atomic mass is 10.1. The lowest BCUT2D eigenvalue weighted by molar-refractivity contribution is -0.384. The van der Waals surface area contributed by atoms with Crippen LogP contribution in [0.25, 0.3) is 28.0 Å². The van der Waals surface area contributed by atoms with Gasteiger partial charge in [-0.05, 0) is 23.4 Å². The van der Waals surface area contributed by atoms with Crippen LogP contribution in [0.4, 0.5) is 10.5 Å². The van der Waals surface area contributed by atoms with Gasteiger partial charge in [-0.1, -0.05) is 12.1 Å². The van der Waals surface area contributed by atoms with E-state index in [0.717, 1.165) is 4.90 Å². The van der Waals surface area contributed by atoms with Crippen molar-refractivity contribution in [1.29, 1.82) is 0 Å². The van der Waals surface area contributed by atoms with Crippen molar-refractivity contribution in [1.82, 2.24) is 4.90 Å². The molecular weight excluding hydrogens is 492 g/mol. The van der Waals surface area contributed by atoms with Gasteiger partial charge in [-0.25, -0.2) is 0 Å². The van der Waals surface area contributed by atoms with E-state index in [-0.39, 0.29) is 45.4 Å². The molecule has 1 aliphatic heterocycles. The second kappa shape index (κ2) is 8.89. The SMILES string of the molecule is COc1c2occc2c(OC)c2c(=O)cc(/C=C3\SC(=O)N(Cc4ccc([N+](=O)[O-])cc4)C3=O)oc12. The molecule has 1 fully saturated rings. The normalized spacial score (nSPS) is 14.8. The molecule has 5 rings (SSSR count). The molecule has 0 atom stereocenters. The number of carbonyl (C=O) groups is 2. The lowest BCUT2D eigenvalue weighted by Crippen LogP contribution is -2.27. The second-order valence-corrected chi connectivity index (χ2v) is 8.63. The van der Waals surface area contributed by atoms with Gasteiger partial charge in [-0.2, -0.15) is 0 Å². The number of methoxy groups -OCH3 is 2. The fraction of sp³-hybridized carbons (Fsp3) is 0.125. The number of hydrogen-bond acceptors (Lipinski definition) is 10. The van der Waals surface area contributed by atoms with Gasteiger partial charge in [0, 0.05) is 24.3 Å². The van der Waals surface area contributed by atoms with E-state index in [9.17, 15) is 24.5 Å². The Morgan fingerprint density at radius 2 is 1.78 bits per heavy atom. The predicted octanol–water partition coefficient (Wildman–Crippen LogP) is 4.70. The highest BCUT2D eigenvalue weighted by molar-refractivity contribution is 8.18. The van der Waals surface area contributed by atoms with E-state index in [1.165, 1.54) is 56.9 Å². The number of furan rings is 1. The van der Waals surface area contributed by atoms with Gasteiger partial charge in [0.05, 0.1) is 42.2 Å². The fourth-order valence-electron chi connectivity index (χ4n) is 3.93. The van der Waals surface area contributed by atoms with Gasteiger partial charge in [0.2, 0.25) is 5.75 Å². The summed E-state index contributed by atoms with van der Waals surface area (Å²) >= 11 is 0.691. The number of hydrogen-bond donors (Lipinski definition) is 0. The quantitative estimate of drug-likeness (QED) is 0.204. The molecule has 2 amide bonds. The molecule has 2 aromatic carbocycles. The molecule has 36 heavy (non-hydrogen) atoms. The number of amides is 2. The highest BCUT2D eigenvalue weighted by Gasteiger charge is 2.35. The number of carbonyl (C=O) groups excluding carboxylic acids is 2. The van der Waals surface area contributed by atoms with Crippen LogP contribution >= 0.6 is 11.8 Å². The van der Waals surface area contributed by atoms with Crippen LogP contribution < -0.4 is 14.9 Å². The van der Waals surface area contributed by atoms with E-state index >= 15 is 0 Å². The van der Waals surface area contributed by atoms with Crippen molar-refractivity contribution in [2.75, 3.05) is 14.2 Å². The van der Waals surface area contributed by atoms with Crippen LogP contribution in [0.5, 0.6) is 11.5 Å². The van der Waals surface area contributed by atoms with Crippen LogP contribution in [-0.4, -0.2) is 35.2 Å². The van der Waals surface area contributed by atoms with Crippen molar-refractivity contribution in [3.63, 3.8) is 0 Å². The van der Waals surface area contributed by atoms with E-state index in [1.807, 2.05) is 0 Å². The Morgan fingerprint density at radius 3 is 2.44 bits per heavy atom. The lowest BCUT2D eigenvalue weighted by Gasteiger charge is -2.12. The van der Waals surface area contributed by atoms with Crippen LogP contribution in [0.2, 0.25) is 0 Å². The molecule has 0 radical (unpaired) electrons. The van der Waals surface area contributed by atoms with Crippen LogP contribution in [0, 0.1) is 10.1 Å². The molecular formula is C24H16N2O9S. The second-order valence-electron chi connectivity index (χ2n) is 7.64. The maximum Gasteiger partial charge on any atom is 0.293 e. The van der Waals surface area contributed by atoms with Gasteiger partial charge >= 0.3 is 0 Å². The molecule has 3 heterocycles. The number of non-ortho nitro benzene ring substituents is 1. The van der Waals surface area contributed by atoms with E-state index in [1.54, 1.807) is 6.07 Å². The average molecular weight is 508 g/mol. The highest BCUT2D eigenvalue weighted by atomic mass is 32.2. The summed E-state index contributed by atoms with van der Waals surface area (Å²) in [6.45, 7) is -0.0663. The first-order valence-electron chi connectivity index (χ1n) is 10.4. The standard InChI is InChI=1S/C24H16N2O9S/c1-32-19-15-7-8-34-20(15)22(33-2)21-18(19)16(27)9-14(35-21)10-17-23(28)25(24(29)36-17)11-12-3-5-13(6-4-12)26(30)31/h3-10H,11H2,1-2H3/b17-10-. The minimum absolute atomic E-state index is 0.0274. The van der Waals surface area contributed by atoms with Crippen LogP contribution in [0.1, 0.15) is 11.3 Å². The largest absolute Gasteiger partial charge is 0.495 e. The molecule has 2 aromatic heterocycles. The van der Waals surface area contributed by atoms with Gasteiger partial charge in [0.15, 0.2) is 16.6 Å². The Hall–Kier alpha value is -4.58. The number of nitro benzene ring substituents is 1. The number of nitro groups is 1. The Bertz CT molecular complexity index is 1650. The number of ether oxygens (including phenoxy) is 2. The summed E-state index contributed by atoms with van der Waals surface area (Å²) < 4.78 is 22.3. The molecule has 182 valence electrons. The number of thioether (sulfide) groups is 1. The Labute approximate surface area is 206 Å². The summed E-state index contributed by atoms with van der Waals surface area (Å²) in [6, 6.07) is 8.38. The average Bonchev–Trinajstić information content (AvgIpc) is 3.43. The van der Waals surface area contributed by atoms with E-state index in [2.05, 4.69) is 0 Å². The van der Waals surface area contributed by atoms with Gasteiger partial charge in [0.25, 0.3) is 16.8 Å². The van der Waals surface area contributed by atoms with Crippen molar-refractivity contribution in [3.8, 4) is 11.5 Å². The smallest absolute Gasteiger partial charge is 0.293 e. The molecule has 1 aliphatic rings. The molecule has 4 aromatic rings. The van der Waals surface area contributed by atoms with Crippen molar-refractivity contribution in [2.45, 2.75) is 6.54 Å². The summed E-state index contributed by atoms with van der Waals surface area (Å²) in [5, 5.41) is 11.0. The number of fused-ring (bicyclic) bond motifs is 2. The van der Waals surface area contributed by atoms with Crippen molar-refractivity contribution in [2.24, 2.45) is 0 Å². The van der Waals surface area contributed by atoms with Gasteiger partial charge < -0.3 is 18.3 Å². The maximum atomic E-state index is 13.0. The highest BCUT2D eigenvalue weighted by Crippen LogP contribution is 2.42. The summed E-state index contributed by atoms with van der Waals surface area (Å²) in [6.07, 6.45) is 2.74. The number of imide groups is 1. The first kappa shape index (κ1) is 23.2. The van der Waals surface area contributed by atoms with Crippen molar-refractivity contribution in [3.05, 3.63) is 79.2 Å². The van der Waals surface area contributed by atoms with Gasteiger partial charge in [-0.15, -0.1) is 0 Å². The summed E-state index contributed by atoms with van der Waals surface area (Å²) in [7, 11) is 2.82. The minimum Gasteiger partial charge on any atom is -0.495 e. The zero-order chi connectivity index (χ0) is 25.6. The molecule has 0 spiro atoms. The molecule has 1 saturated heterocycles. The molecule has 0 aliphatic carbocycles. The van der Waals surface area contributed by atoms with Crippen molar-refractivity contribution < 1.29 is 32.8 Å². The van der Waals surface area contributed by atoms with Crippen LogP contribution in [-0.2, 0) is 11.3 Å². The van der Waals surface area contributed by atoms with Gasteiger partial charge in [0.1, 0.15) is 16.9 Å². The van der Waals surface area contributed by atoms with Crippen LogP contribution in [0.15, 0.2) is 61.2 Å². The zero-order valence-corrected chi connectivity index (χ0v) is 19.6. The Morgan fingerprint density at radius 1 is 1.06 bits per heavy atom. The molecule has 0 unspecified atom stereocenters. The summed E-state index contributed by atoms with van der Waals surface area (Å²) in [4.78, 5) is 49.9. The molecule has 11 nitrogen and oxygen atoms in total. The fourth-order valence-corrected chi connectivity index (χ4v) is 4.75. The van der Waals surface area contributed by atoms with E-state index in [0.29, 0.717) is 28.3 Å². The van der Waals surface area contributed by atoms with E-state index in [4.69, 9.17) is 18.3 Å². The Balaban J connectivity index is 1.52. The number of rotatable bonds is 6. The third-order valence-corrected chi connectivity index (χ3v) is 6.47. The molecule has 0 N–H and O–H groups in total. The minimum atomic E-state index is -0.586. The van der Waals surface area contributed by atoms with E-state index < -0.39 is 21.5 Å². The number of nitrogens with zero attached hydrogens (tertiary/aromatic N) is 2. The third-order valence-electron chi connectivity index (χ3n) is 5.56. The monoisotopic (exact) mass is 508 g/mol. The topological polar surface area (TPSA) is 142 Å². The summed E-state index contributed by atoms with van der Waals surface area (Å²) in [5.41, 5.74) is 0.399. The molecule has 0 bridgehead atoms. The zero-order valence-electron chi connectivity index (χ0n) is 18.8. The van der Waals surface area contributed by atoms with Gasteiger partial charge in [-0.3, -0.25) is 29.4 Å². The molecule has 0 saturated carbocycles. The van der Waals surface area contributed by atoms with Crippen molar-refractivity contribution >= 4 is 56.6 Å².